The van der Waals surface area contributed by atoms with E-state index in [-0.39, 0.29) is 5.97 Å². The molecule has 0 aromatic carbocycles. The van der Waals surface area contributed by atoms with Gasteiger partial charge in [-0.05, 0) is 19.3 Å². The Hall–Kier alpha value is -1.10. The predicted molar refractivity (Wildman–Crippen MR) is 73.3 cm³/mol. The first-order chi connectivity index (χ1) is 8.70. The van der Waals surface area contributed by atoms with E-state index in [9.17, 15) is 4.79 Å². The van der Waals surface area contributed by atoms with Crippen LogP contribution < -0.4 is 5.32 Å². The van der Waals surface area contributed by atoms with Gasteiger partial charge >= 0.3 is 5.97 Å². The van der Waals surface area contributed by atoms with E-state index < -0.39 is 0 Å². The van der Waals surface area contributed by atoms with E-state index in [4.69, 9.17) is 4.74 Å². The summed E-state index contributed by atoms with van der Waals surface area (Å²) in [6, 6.07) is 0. The SMILES string of the molecule is COC(=O)c1nc(NCCC2CCCC2)sc1C. The van der Waals surface area contributed by atoms with Crippen LogP contribution >= 0.6 is 11.3 Å². The second-order valence-electron chi connectivity index (χ2n) is 4.78. The highest BCUT2D eigenvalue weighted by Gasteiger charge is 2.17. The highest BCUT2D eigenvalue weighted by molar-refractivity contribution is 7.15. The van der Waals surface area contributed by atoms with Crippen LogP contribution in [-0.2, 0) is 4.74 Å². The zero-order valence-electron chi connectivity index (χ0n) is 11.0. The zero-order chi connectivity index (χ0) is 13.0. The maximum atomic E-state index is 11.4. The first kappa shape index (κ1) is 13.3. The molecule has 1 fully saturated rings. The van der Waals surface area contributed by atoms with Crippen molar-refractivity contribution in [3.63, 3.8) is 0 Å². The Morgan fingerprint density at radius 1 is 1.50 bits per heavy atom. The third kappa shape index (κ3) is 3.22. The number of nitrogens with zero attached hydrogens (tertiary/aromatic N) is 1. The number of carbonyl (C=O) groups is 1. The van der Waals surface area contributed by atoms with E-state index in [0.717, 1.165) is 22.5 Å². The second kappa shape index (κ2) is 6.18. The van der Waals surface area contributed by atoms with Gasteiger partial charge in [0.2, 0.25) is 0 Å². The van der Waals surface area contributed by atoms with Crippen molar-refractivity contribution >= 4 is 22.4 Å². The topological polar surface area (TPSA) is 51.2 Å². The smallest absolute Gasteiger partial charge is 0.357 e. The summed E-state index contributed by atoms with van der Waals surface area (Å²) in [4.78, 5) is 16.6. The molecule has 4 nitrogen and oxygen atoms in total. The standard InChI is InChI=1S/C13H20N2O2S/c1-9-11(12(16)17-2)15-13(18-9)14-8-7-10-5-3-4-6-10/h10H,3-8H2,1-2H3,(H,14,15). The van der Waals surface area contributed by atoms with Gasteiger partial charge in [0.1, 0.15) is 0 Å². The van der Waals surface area contributed by atoms with Gasteiger partial charge < -0.3 is 10.1 Å². The number of thiazole rings is 1. The van der Waals surface area contributed by atoms with Gasteiger partial charge in [-0.15, -0.1) is 11.3 Å². The summed E-state index contributed by atoms with van der Waals surface area (Å²) in [6.45, 7) is 2.84. The van der Waals surface area contributed by atoms with E-state index in [2.05, 4.69) is 10.3 Å². The molecule has 0 atom stereocenters. The minimum atomic E-state index is -0.354. The molecular formula is C13H20N2O2S. The Morgan fingerprint density at radius 2 is 2.22 bits per heavy atom. The molecule has 18 heavy (non-hydrogen) atoms. The van der Waals surface area contributed by atoms with E-state index in [0.29, 0.717) is 5.69 Å². The van der Waals surface area contributed by atoms with Crippen LogP contribution in [0.3, 0.4) is 0 Å². The Balaban J connectivity index is 1.83. The molecule has 100 valence electrons. The molecule has 0 unspecified atom stereocenters. The molecule has 1 aromatic rings. The van der Waals surface area contributed by atoms with Gasteiger partial charge in [-0.3, -0.25) is 0 Å². The third-order valence-corrected chi connectivity index (χ3v) is 4.41. The molecule has 1 aliphatic rings. The lowest BCUT2D eigenvalue weighted by Gasteiger charge is -2.08. The highest BCUT2D eigenvalue weighted by atomic mass is 32.1. The van der Waals surface area contributed by atoms with Crippen molar-refractivity contribution in [3.05, 3.63) is 10.6 Å². The number of methoxy groups -OCH3 is 1. The maximum Gasteiger partial charge on any atom is 0.357 e. The van der Waals surface area contributed by atoms with Crippen molar-refractivity contribution in [3.8, 4) is 0 Å². The molecule has 5 heteroatoms. The Bertz CT molecular complexity index is 411. The molecule has 1 aliphatic carbocycles. The maximum absolute atomic E-state index is 11.4. The van der Waals surface area contributed by atoms with Crippen molar-refractivity contribution in [1.29, 1.82) is 0 Å². The minimum absolute atomic E-state index is 0.354. The van der Waals surface area contributed by atoms with Crippen LogP contribution in [0.25, 0.3) is 0 Å². The number of aryl methyl sites for hydroxylation is 1. The summed E-state index contributed by atoms with van der Waals surface area (Å²) in [7, 11) is 1.38. The van der Waals surface area contributed by atoms with Crippen LogP contribution in [0, 0.1) is 12.8 Å². The van der Waals surface area contributed by atoms with E-state index >= 15 is 0 Å². The fourth-order valence-corrected chi connectivity index (χ4v) is 3.27. The molecule has 1 heterocycles. The summed E-state index contributed by atoms with van der Waals surface area (Å²) in [5, 5.41) is 4.14. The van der Waals surface area contributed by atoms with Crippen LogP contribution in [-0.4, -0.2) is 24.6 Å². The van der Waals surface area contributed by atoms with Gasteiger partial charge in [0.25, 0.3) is 0 Å². The van der Waals surface area contributed by atoms with Gasteiger partial charge in [0.05, 0.1) is 7.11 Å². The number of anilines is 1. The quantitative estimate of drug-likeness (QED) is 0.833. The minimum Gasteiger partial charge on any atom is -0.464 e. The predicted octanol–water partition coefficient (Wildman–Crippen LogP) is 3.23. The lowest BCUT2D eigenvalue weighted by atomic mass is 10.0. The monoisotopic (exact) mass is 268 g/mol. The van der Waals surface area contributed by atoms with Crippen LogP contribution in [0.4, 0.5) is 5.13 Å². The molecule has 1 aromatic heterocycles. The summed E-state index contributed by atoms with van der Waals surface area (Å²) in [6.07, 6.45) is 6.70. The summed E-state index contributed by atoms with van der Waals surface area (Å²) in [5.41, 5.74) is 0.436. The van der Waals surface area contributed by atoms with Crippen LogP contribution in [0.2, 0.25) is 0 Å². The van der Waals surface area contributed by atoms with Crippen LogP contribution in [0.15, 0.2) is 0 Å². The normalized spacial score (nSPS) is 15.9. The summed E-state index contributed by atoms with van der Waals surface area (Å²) >= 11 is 1.52. The Morgan fingerprint density at radius 3 is 2.89 bits per heavy atom. The molecule has 0 bridgehead atoms. The number of aromatic nitrogens is 1. The third-order valence-electron chi connectivity index (χ3n) is 3.48. The van der Waals surface area contributed by atoms with Crippen molar-refractivity contribution in [1.82, 2.24) is 4.98 Å². The fraction of sp³-hybridized carbons (Fsp3) is 0.692. The van der Waals surface area contributed by atoms with Crippen molar-refractivity contribution in [2.45, 2.75) is 39.0 Å². The zero-order valence-corrected chi connectivity index (χ0v) is 11.8. The van der Waals surface area contributed by atoms with E-state index in [1.54, 1.807) is 0 Å². The van der Waals surface area contributed by atoms with E-state index in [1.807, 2.05) is 6.92 Å². The number of ether oxygens (including phenoxy) is 1. The molecule has 1 saturated carbocycles. The molecule has 0 saturated heterocycles. The largest absolute Gasteiger partial charge is 0.464 e. The Kier molecular flexibility index (Phi) is 4.58. The van der Waals surface area contributed by atoms with Gasteiger partial charge in [0.15, 0.2) is 10.8 Å². The molecule has 2 rings (SSSR count). The first-order valence-corrected chi connectivity index (χ1v) is 7.32. The highest BCUT2D eigenvalue weighted by Crippen LogP contribution is 2.28. The fourth-order valence-electron chi connectivity index (χ4n) is 2.44. The molecule has 0 aliphatic heterocycles. The van der Waals surface area contributed by atoms with Crippen molar-refractivity contribution in [2.24, 2.45) is 5.92 Å². The number of carbonyl (C=O) groups excluding carboxylic acids is 1. The van der Waals surface area contributed by atoms with Crippen LogP contribution in [0.1, 0.15) is 47.5 Å². The average Bonchev–Trinajstić information content (AvgIpc) is 2.98. The van der Waals surface area contributed by atoms with Gasteiger partial charge in [-0.2, -0.15) is 0 Å². The number of esters is 1. The molecular weight excluding hydrogens is 248 g/mol. The van der Waals surface area contributed by atoms with Gasteiger partial charge in [0, 0.05) is 11.4 Å². The van der Waals surface area contributed by atoms with Gasteiger partial charge in [-0.1, -0.05) is 25.7 Å². The number of rotatable bonds is 5. The summed E-state index contributed by atoms with van der Waals surface area (Å²) < 4.78 is 4.69. The van der Waals surface area contributed by atoms with Crippen molar-refractivity contribution in [2.75, 3.05) is 19.0 Å². The molecule has 0 amide bonds. The van der Waals surface area contributed by atoms with E-state index in [1.165, 1.54) is 50.6 Å². The average molecular weight is 268 g/mol. The van der Waals surface area contributed by atoms with Crippen molar-refractivity contribution < 1.29 is 9.53 Å². The number of hydrogen-bond acceptors (Lipinski definition) is 5. The lowest BCUT2D eigenvalue weighted by molar-refractivity contribution is 0.0594. The van der Waals surface area contributed by atoms with Gasteiger partial charge in [-0.25, -0.2) is 9.78 Å². The number of nitrogens with one attached hydrogen (secondary N) is 1. The van der Waals surface area contributed by atoms with Crippen LogP contribution in [0.5, 0.6) is 0 Å². The molecule has 0 radical (unpaired) electrons. The lowest BCUT2D eigenvalue weighted by Crippen LogP contribution is -2.07. The number of hydrogen-bond donors (Lipinski definition) is 1. The molecule has 1 N–H and O–H groups in total. The summed E-state index contributed by atoms with van der Waals surface area (Å²) in [5.74, 6) is 0.520. The second-order valence-corrected chi connectivity index (χ2v) is 5.98. The first-order valence-electron chi connectivity index (χ1n) is 6.50. The Labute approximate surface area is 112 Å². The molecule has 0 spiro atoms.